The summed E-state index contributed by atoms with van der Waals surface area (Å²) in [6.07, 6.45) is 1.66. The summed E-state index contributed by atoms with van der Waals surface area (Å²) in [5.41, 5.74) is 8.62. The van der Waals surface area contributed by atoms with Gasteiger partial charge in [-0.1, -0.05) is 28.1 Å². The van der Waals surface area contributed by atoms with E-state index >= 15 is 0 Å². The third-order valence-corrected chi connectivity index (χ3v) is 3.73. The quantitative estimate of drug-likeness (QED) is 0.916. The van der Waals surface area contributed by atoms with Gasteiger partial charge in [0.25, 0.3) is 0 Å². The van der Waals surface area contributed by atoms with Crippen molar-refractivity contribution in [2.75, 3.05) is 5.73 Å². The number of nitrogens with two attached hydrogens (primary N) is 1. The van der Waals surface area contributed by atoms with Crippen LogP contribution in [0.4, 0.5) is 5.82 Å². The molecule has 94 valence electrons. The number of aliphatic hydroxyl groups is 1. The van der Waals surface area contributed by atoms with E-state index in [2.05, 4.69) is 20.9 Å². The Bertz CT molecular complexity index is 557. The van der Waals surface area contributed by atoms with E-state index in [1.54, 1.807) is 12.3 Å². The minimum Gasteiger partial charge on any atom is -0.388 e. The molecule has 0 aliphatic heterocycles. The molecule has 0 fully saturated rings. The molecule has 0 bridgehead atoms. The van der Waals surface area contributed by atoms with Crippen molar-refractivity contribution in [1.29, 1.82) is 0 Å². The van der Waals surface area contributed by atoms with E-state index in [1.165, 1.54) is 0 Å². The molecule has 0 aliphatic rings. The van der Waals surface area contributed by atoms with Gasteiger partial charge in [0.15, 0.2) is 0 Å². The molecule has 0 saturated carbocycles. The Morgan fingerprint density at radius 2 is 2.11 bits per heavy atom. The second-order valence-corrected chi connectivity index (χ2v) is 5.17. The average Bonchev–Trinajstić information content (AvgIpc) is 2.32. The van der Waals surface area contributed by atoms with Gasteiger partial charge in [0.2, 0.25) is 0 Å². The summed E-state index contributed by atoms with van der Waals surface area (Å²) >= 11 is 3.45. The number of pyridine rings is 1. The molecule has 1 aromatic carbocycles. The highest BCUT2D eigenvalue weighted by Gasteiger charge is 2.10. The van der Waals surface area contributed by atoms with E-state index in [-0.39, 0.29) is 0 Å². The Hall–Kier alpha value is -1.39. The third kappa shape index (κ3) is 3.09. The van der Waals surface area contributed by atoms with Crippen molar-refractivity contribution in [3.8, 4) is 0 Å². The first-order valence-electron chi connectivity index (χ1n) is 5.71. The van der Waals surface area contributed by atoms with Gasteiger partial charge >= 0.3 is 0 Å². The number of nitrogen functional groups attached to an aromatic ring is 1. The third-order valence-electron chi connectivity index (χ3n) is 2.84. The number of aromatic nitrogens is 1. The van der Waals surface area contributed by atoms with E-state index in [1.807, 2.05) is 31.2 Å². The zero-order chi connectivity index (χ0) is 13.1. The van der Waals surface area contributed by atoms with Crippen molar-refractivity contribution >= 4 is 21.7 Å². The maximum Gasteiger partial charge on any atom is 0.123 e. The molecule has 2 aromatic rings. The zero-order valence-electron chi connectivity index (χ0n) is 10.1. The number of hydrogen-bond donors (Lipinski definition) is 2. The fourth-order valence-corrected chi connectivity index (χ4v) is 2.08. The number of aliphatic hydroxyl groups excluding tert-OH is 1. The maximum absolute atomic E-state index is 10.2. The van der Waals surface area contributed by atoms with Gasteiger partial charge in [-0.25, -0.2) is 4.98 Å². The Morgan fingerprint density at radius 1 is 1.33 bits per heavy atom. The van der Waals surface area contributed by atoms with Crippen molar-refractivity contribution in [1.82, 2.24) is 4.98 Å². The fourth-order valence-electron chi connectivity index (χ4n) is 1.84. The molecule has 0 saturated heterocycles. The van der Waals surface area contributed by atoms with Gasteiger partial charge in [0, 0.05) is 17.1 Å². The predicted octanol–water partition coefficient (Wildman–Crippen LogP) is 3.01. The van der Waals surface area contributed by atoms with Gasteiger partial charge in [0.05, 0.1) is 6.10 Å². The summed E-state index contributed by atoms with van der Waals surface area (Å²) in [6, 6.07) is 9.51. The lowest BCUT2D eigenvalue weighted by Gasteiger charge is -2.12. The van der Waals surface area contributed by atoms with Crippen LogP contribution in [0, 0.1) is 6.92 Å². The summed E-state index contributed by atoms with van der Waals surface area (Å²) in [4.78, 5) is 3.94. The molecule has 1 unspecified atom stereocenters. The van der Waals surface area contributed by atoms with Crippen molar-refractivity contribution in [2.45, 2.75) is 19.4 Å². The Kier molecular flexibility index (Phi) is 3.99. The van der Waals surface area contributed by atoms with Crippen molar-refractivity contribution in [3.63, 3.8) is 0 Å². The van der Waals surface area contributed by atoms with Crippen LogP contribution >= 0.6 is 15.9 Å². The highest BCUT2D eigenvalue weighted by Crippen LogP contribution is 2.23. The lowest BCUT2D eigenvalue weighted by molar-refractivity contribution is 0.178. The molecule has 3 nitrogen and oxygen atoms in total. The second-order valence-electron chi connectivity index (χ2n) is 4.32. The largest absolute Gasteiger partial charge is 0.388 e. The summed E-state index contributed by atoms with van der Waals surface area (Å²) in [6.45, 7) is 2.00. The first-order chi connectivity index (χ1) is 8.56. The number of rotatable bonds is 3. The number of anilines is 1. The van der Waals surface area contributed by atoms with Crippen molar-refractivity contribution < 1.29 is 5.11 Å². The second kappa shape index (κ2) is 5.50. The van der Waals surface area contributed by atoms with Gasteiger partial charge < -0.3 is 10.8 Å². The summed E-state index contributed by atoms with van der Waals surface area (Å²) in [5, 5.41) is 10.2. The number of benzene rings is 1. The van der Waals surface area contributed by atoms with E-state index in [9.17, 15) is 5.11 Å². The van der Waals surface area contributed by atoms with Crippen LogP contribution in [-0.4, -0.2) is 10.1 Å². The SMILES string of the molecule is Cc1cc(C(O)Cc2ccnc(N)c2)ccc1Br. The predicted molar refractivity (Wildman–Crippen MR) is 76.2 cm³/mol. The van der Waals surface area contributed by atoms with E-state index in [4.69, 9.17) is 5.73 Å². The molecule has 0 radical (unpaired) electrons. The average molecular weight is 307 g/mol. The van der Waals surface area contributed by atoms with Crippen LogP contribution in [-0.2, 0) is 6.42 Å². The Morgan fingerprint density at radius 3 is 2.78 bits per heavy atom. The fraction of sp³-hybridized carbons (Fsp3) is 0.214. The van der Waals surface area contributed by atoms with Crippen LogP contribution in [0.25, 0.3) is 0 Å². The Labute approximate surface area is 115 Å². The molecular weight excluding hydrogens is 292 g/mol. The van der Waals surface area contributed by atoms with Crippen LogP contribution in [0.1, 0.15) is 22.8 Å². The number of aryl methyl sites for hydroxylation is 1. The molecule has 4 heteroatoms. The number of nitrogens with zero attached hydrogens (tertiary/aromatic N) is 1. The maximum atomic E-state index is 10.2. The Balaban J connectivity index is 2.16. The van der Waals surface area contributed by atoms with Crippen molar-refractivity contribution in [2.24, 2.45) is 0 Å². The molecule has 0 spiro atoms. The van der Waals surface area contributed by atoms with Crippen LogP contribution in [0.5, 0.6) is 0 Å². The summed E-state index contributed by atoms with van der Waals surface area (Å²) in [5.74, 6) is 0.478. The van der Waals surface area contributed by atoms with Crippen LogP contribution < -0.4 is 5.73 Å². The number of halogens is 1. The van der Waals surface area contributed by atoms with E-state index in [0.717, 1.165) is 21.2 Å². The van der Waals surface area contributed by atoms with Crippen LogP contribution in [0.15, 0.2) is 41.0 Å². The lowest BCUT2D eigenvalue weighted by atomic mass is 10.0. The molecular formula is C14H15BrN2O. The molecule has 18 heavy (non-hydrogen) atoms. The van der Waals surface area contributed by atoms with Gasteiger partial charge in [-0.2, -0.15) is 0 Å². The van der Waals surface area contributed by atoms with Gasteiger partial charge in [-0.15, -0.1) is 0 Å². The zero-order valence-corrected chi connectivity index (χ0v) is 11.7. The number of hydrogen-bond acceptors (Lipinski definition) is 3. The molecule has 2 rings (SSSR count). The minimum absolute atomic E-state index is 0.478. The summed E-state index contributed by atoms with van der Waals surface area (Å²) in [7, 11) is 0. The molecule has 0 aliphatic carbocycles. The smallest absolute Gasteiger partial charge is 0.123 e. The van der Waals surface area contributed by atoms with Crippen LogP contribution in [0.3, 0.4) is 0 Å². The molecule has 0 amide bonds. The lowest BCUT2D eigenvalue weighted by Crippen LogP contribution is -2.03. The molecule has 1 aromatic heterocycles. The van der Waals surface area contributed by atoms with Gasteiger partial charge in [0.1, 0.15) is 5.82 Å². The van der Waals surface area contributed by atoms with Crippen molar-refractivity contribution in [3.05, 3.63) is 57.7 Å². The first kappa shape index (κ1) is 13.1. The minimum atomic E-state index is -0.529. The highest BCUT2D eigenvalue weighted by molar-refractivity contribution is 9.10. The van der Waals surface area contributed by atoms with Crippen LogP contribution in [0.2, 0.25) is 0 Å². The van der Waals surface area contributed by atoms with E-state index < -0.39 is 6.10 Å². The monoisotopic (exact) mass is 306 g/mol. The molecule has 1 atom stereocenters. The molecule has 1 heterocycles. The van der Waals surface area contributed by atoms with Gasteiger partial charge in [-0.05, 0) is 41.8 Å². The standard InChI is InChI=1S/C14H15BrN2O/c1-9-6-11(2-3-12(9)15)13(18)7-10-4-5-17-14(16)8-10/h2-6,8,13,18H,7H2,1H3,(H2,16,17). The topological polar surface area (TPSA) is 59.1 Å². The summed E-state index contributed by atoms with van der Waals surface area (Å²) < 4.78 is 1.05. The first-order valence-corrected chi connectivity index (χ1v) is 6.50. The van der Waals surface area contributed by atoms with E-state index in [0.29, 0.717) is 12.2 Å². The van der Waals surface area contributed by atoms with Gasteiger partial charge in [-0.3, -0.25) is 0 Å². The molecule has 3 N–H and O–H groups in total. The normalized spacial score (nSPS) is 12.4. The highest BCUT2D eigenvalue weighted by atomic mass is 79.9.